The smallest absolute Gasteiger partial charge is 0.331 e. The lowest BCUT2D eigenvalue weighted by Crippen LogP contribution is -2.63. The molecule has 194 valence electrons. The number of rotatable bonds is 9. The second-order valence-corrected chi connectivity index (χ2v) is 11.8. The van der Waals surface area contributed by atoms with Gasteiger partial charge in [0.2, 0.25) is 11.2 Å². The number of hydrazone groups is 1. The van der Waals surface area contributed by atoms with E-state index in [-0.39, 0.29) is 13.0 Å². The van der Waals surface area contributed by atoms with Crippen molar-refractivity contribution in [1.29, 1.82) is 0 Å². The average molecular weight is 512 g/mol. The highest BCUT2D eigenvalue weighted by Gasteiger charge is 2.56. The van der Waals surface area contributed by atoms with Crippen LogP contribution in [-0.4, -0.2) is 72.6 Å². The number of hydrogen-bond donors (Lipinski definition) is 3. The third kappa shape index (κ3) is 4.20. The molecule has 13 heteroatoms. The van der Waals surface area contributed by atoms with E-state index in [4.69, 9.17) is 9.26 Å². The van der Waals surface area contributed by atoms with Crippen molar-refractivity contribution in [3.05, 3.63) is 12.7 Å². The number of aliphatic hydroxyl groups is 2. The molecule has 0 amide bonds. The van der Waals surface area contributed by atoms with Crippen LogP contribution in [0.1, 0.15) is 60.3 Å². The van der Waals surface area contributed by atoms with E-state index in [9.17, 15) is 19.7 Å². The second-order valence-electron chi connectivity index (χ2n) is 9.58. The molecule has 4 rings (SSSR count). The van der Waals surface area contributed by atoms with Crippen molar-refractivity contribution in [2.75, 3.05) is 18.7 Å². The fraction of sp³-hybridized carbons (Fsp3) is 0.727. The van der Waals surface area contributed by atoms with E-state index in [1.165, 1.54) is 10.9 Å². The summed E-state index contributed by atoms with van der Waals surface area (Å²) < 4.78 is 28.0. The molecule has 1 saturated heterocycles. The topological polar surface area (TPSA) is 146 Å². The Morgan fingerprint density at radius 2 is 2.06 bits per heavy atom. The number of aromatic nitrogens is 4. The lowest BCUT2D eigenvalue weighted by Gasteiger charge is -2.37. The van der Waals surface area contributed by atoms with Crippen molar-refractivity contribution in [2.45, 2.75) is 89.5 Å². The summed E-state index contributed by atoms with van der Waals surface area (Å²) in [5.41, 5.74) is -2.25. The predicted octanol–water partition coefficient (Wildman–Crippen LogP) is 1.70. The molecule has 12 nitrogen and oxygen atoms in total. The van der Waals surface area contributed by atoms with Crippen molar-refractivity contribution in [3.8, 4) is 0 Å². The molecule has 4 heterocycles. The van der Waals surface area contributed by atoms with Gasteiger partial charge in [0.25, 0.3) is 0 Å². The number of hydrogen-bond acceptors (Lipinski definition) is 9. The minimum atomic E-state index is -3.89. The van der Waals surface area contributed by atoms with Crippen LogP contribution in [0, 0.1) is 0 Å². The molecule has 1 fully saturated rings. The Balaban J connectivity index is 1.67. The molecular weight excluding hydrogens is 475 g/mol. The van der Waals surface area contributed by atoms with E-state index in [1.807, 2.05) is 27.7 Å². The summed E-state index contributed by atoms with van der Waals surface area (Å²) in [7, 11) is -2.12. The maximum atomic E-state index is 12.9. The quantitative estimate of drug-likeness (QED) is 0.338. The third-order valence-corrected chi connectivity index (χ3v) is 9.65. The first-order chi connectivity index (χ1) is 16.4. The van der Waals surface area contributed by atoms with E-state index >= 15 is 0 Å². The highest BCUT2D eigenvalue weighted by molar-refractivity contribution is 7.53. The van der Waals surface area contributed by atoms with Crippen LogP contribution in [0.4, 0.5) is 5.82 Å². The summed E-state index contributed by atoms with van der Waals surface area (Å²) in [5.74, 6) is 1.22. The van der Waals surface area contributed by atoms with E-state index < -0.39 is 36.8 Å². The first-order valence-electron chi connectivity index (χ1n) is 12.1. The van der Waals surface area contributed by atoms with Crippen LogP contribution in [0.5, 0.6) is 0 Å². The molecule has 0 saturated carbocycles. The fourth-order valence-electron chi connectivity index (χ4n) is 4.81. The average Bonchev–Trinajstić information content (AvgIpc) is 3.36. The van der Waals surface area contributed by atoms with Gasteiger partial charge in [-0.2, -0.15) is 9.55 Å². The number of anilines is 1. The van der Waals surface area contributed by atoms with Gasteiger partial charge in [-0.15, -0.1) is 5.10 Å². The standard InChI is InChI=1S/C22H35N6O6P/c1-7-14(4)35(31,32)34-21(8-2,9-3)10-16-18(29)22(30,11-33-16)28-13-27-15(5)25-26(6)19-17(27)20(28)24-12-23-19/h12-14,16,18,29-30H,7-11H2,1-6H3/p+1. The molecule has 0 aliphatic carbocycles. The summed E-state index contributed by atoms with van der Waals surface area (Å²) in [6.07, 6.45) is 2.39. The first kappa shape index (κ1) is 26.1. The first-order valence-corrected chi connectivity index (χ1v) is 13.7. The third-order valence-electron chi connectivity index (χ3n) is 7.52. The van der Waals surface area contributed by atoms with E-state index in [2.05, 4.69) is 15.1 Å². The monoisotopic (exact) mass is 511 g/mol. The normalized spacial score (nSPS) is 27.2. The Bertz CT molecular complexity index is 1180. The zero-order valence-corrected chi connectivity index (χ0v) is 22.0. The van der Waals surface area contributed by atoms with E-state index in [1.54, 1.807) is 29.9 Å². The van der Waals surface area contributed by atoms with Crippen LogP contribution in [0.25, 0.3) is 11.2 Å². The molecule has 2 aliphatic heterocycles. The summed E-state index contributed by atoms with van der Waals surface area (Å²) in [6, 6.07) is 0. The van der Waals surface area contributed by atoms with Gasteiger partial charge in [0.15, 0.2) is 24.3 Å². The van der Waals surface area contributed by atoms with Crippen molar-refractivity contribution in [3.63, 3.8) is 0 Å². The highest BCUT2D eigenvalue weighted by Crippen LogP contribution is 2.54. The zero-order chi connectivity index (χ0) is 25.8. The van der Waals surface area contributed by atoms with Gasteiger partial charge in [0.05, 0.1) is 17.4 Å². The molecule has 3 N–H and O–H groups in total. The Morgan fingerprint density at radius 3 is 2.69 bits per heavy atom. The van der Waals surface area contributed by atoms with Gasteiger partial charge >= 0.3 is 13.2 Å². The number of nitrogens with zero attached hydrogens (tertiary/aromatic N) is 6. The lowest BCUT2D eigenvalue weighted by molar-refractivity contribution is -0.792. The van der Waals surface area contributed by atoms with Crippen molar-refractivity contribution < 1.29 is 33.5 Å². The molecule has 2 aromatic heterocycles. The van der Waals surface area contributed by atoms with Gasteiger partial charge in [-0.3, -0.25) is 4.57 Å². The van der Waals surface area contributed by atoms with Gasteiger partial charge in [-0.1, -0.05) is 32.7 Å². The van der Waals surface area contributed by atoms with E-state index in [0.29, 0.717) is 42.1 Å². The second kappa shape index (κ2) is 9.17. The largest absolute Gasteiger partial charge is 0.384 e. The maximum absolute atomic E-state index is 12.9. The highest BCUT2D eigenvalue weighted by atomic mass is 31.2. The molecule has 5 atom stereocenters. The van der Waals surface area contributed by atoms with Crippen LogP contribution in [0.15, 0.2) is 17.8 Å². The van der Waals surface area contributed by atoms with Gasteiger partial charge in [-0.25, -0.2) is 9.58 Å². The molecule has 35 heavy (non-hydrogen) atoms. The number of imidazole rings is 1. The Hall–Kier alpha value is -1.95. The summed E-state index contributed by atoms with van der Waals surface area (Å²) >= 11 is 0. The van der Waals surface area contributed by atoms with Gasteiger partial charge in [0, 0.05) is 20.4 Å². The molecule has 0 radical (unpaired) electrons. The van der Waals surface area contributed by atoms with Crippen molar-refractivity contribution >= 4 is 30.4 Å². The maximum Gasteiger partial charge on any atom is 0.331 e. The molecular formula is C22H36N6O6P+. The van der Waals surface area contributed by atoms with Gasteiger partial charge in [0.1, 0.15) is 12.7 Å². The SMILES string of the molecule is CCC(C)P(=O)(O)OC(CC)(CC)CC1OCC(O)([n+]2cn3c4c(ncnc42)N(C)N=C3C)C1O. The molecule has 2 aliphatic rings. The van der Waals surface area contributed by atoms with Crippen molar-refractivity contribution in [1.82, 2.24) is 14.5 Å². The molecule has 0 aromatic carbocycles. The Kier molecular flexibility index (Phi) is 6.84. The lowest BCUT2D eigenvalue weighted by atomic mass is 9.88. The van der Waals surface area contributed by atoms with Gasteiger partial charge < -0.3 is 24.4 Å². The van der Waals surface area contributed by atoms with Crippen LogP contribution in [0.2, 0.25) is 0 Å². The Morgan fingerprint density at radius 1 is 1.37 bits per heavy atom. The van der Waals surface area contributed by atoms with Crippen molar-refractivity contribution in [2.24, 2.45) is 5.10 Å². The summed E-state index contributed by atoms with van der Waals surface area (Å²) in [4.78, 5) is 19.3. The van der Waals surface area contributed by atoms with Crippen LogP contribution >= 0.6 is 7.60 Å². The minimum absolute atomic E-state index is 0.146. The zero-order valence-electron chi connectivity index (χ0n) is 21.1. The van der Waals surface area contributed by atoms with Crippen LogP contribution in [-0.2, 0) is 19.6 Å². The number of aliphatic hydroxyl groups excluding tert-OH is 1. The molecule has 2 aromatic rings. The number of ether oxygens (including phenoxy) is 1. The Labute approximate surface area is 204 Å². The minimum Gasteiger partial charge on any atom is -0.384 e. The van der Waals surface area contributed by atoms with Crippen LogP contribution < -0.4 is 9.58 Å². The van der Waals surface area contributed by atoms with E-state index in [0.717, 1.165) is 0 Å². The fourth-order valence-corrected chi connectivity index (χ4v) is 6.34. The molecule has 5 unspecified atom stereocenters. The molecule has 0 spiro atoms. The van der Waals surface area contributed by atoms with Crippen LogP contribution in [0.3, 0.4) is 0 Å². The molecule has 0 bridgehead atoms. The summed E-state index contributed by atoms with van der Waals surface area (Å²) in [6.45, 7) is 8.91. The van der Waals surface area contributed by atoms with Gasteiger partial charge in [-0.05, 0) is 19.3 Å². The summed E-state index contributed by atoms with van der Waals surface area (Å²) in [5, 5.41) is 29.1. The predicted molar refractivity (Wildman–Crippen MR) is 129 cm³/mol.